The molecule has 4 nitrogen and oxygen atoms in total. The van der Waals surface area contributed by atoms with E-state index in [9.17, 15) is 5.26 Å². The lowest BCUT2D eigenvalue weighted by atomic mass is 9.98. The van der Waals surface area contributed by atoms with E-state index < -0.39 is 0 Å². The van der Waals surface area contributed by atoms with Gasteiger partial charge in [0.05, 0.1) is 28.9 Å². The van der Waals surface area contributed by atoms with Crippen LogP contribution in [0.1, 0.15) is 30.8 Å². The number of hydrogen-bond acceptors (Lipinski definition) is 4. The van der Waals surface area contributed by atoms with Crippen molar-refractivity contribution < 1.29 is 4.74 Å². The molecule has 1 fully saturated rings. The molecule has 0 aliphatic carbocycles. The summed E-state index contributed by atoms with van der Waals surface area (Å²) in [6.45, 7) is 9.60. The Morgan fingerprint density at radius 2 is 1.72 bits per heavy atom. The molecular formula is C20H22ClN3O. The Morgan fingerprint density at radius 3 is 2.28 bits per heavy atom. The van der Waals surface area contributed by atoms with E-state index in [-0.39, 0.29) is 12.2 Å². The molecule has 25 heavy (non-hydrogen) atoms. The Labute approximate surface area is 154 Å². The third-order valence-electron chi connectivity index (χ3n) is 4.35. The number of halogens is 1. The molecule has 2 atom stereocenters. The van der Waals surface area contributed by atoms with Crippen molar-refractivity contribution in [3.63, 3.8) is 0 Å². The smallest absolute Gasteiger partial charge is 0.0999 e. The average molecular weight is 356 g/mol. The van der Waals surface area contributed by atoms with E-state index in [0.717, 1.165) is 41.3 Å². The van der Waals surface area contributed by atoms with Crippen LogP contribution in [0.25, 0.3) is 11.1 Å². The number of anilines is 1. The van der Waals surface area contributed by atoms with Crippen LogP contribution in [0.15, 0.2) is 24.3 Å². The van der Waals surface area contributed by atoms with Crippen LogP contribution in [-0.2, 0) is 4.74 Å². The largest absolute Gasteiger partial charge is 0.372 e. The van der Waals surface area contributed by atoms with Crippen LogP contribution < -0.4 is 4.90 Å². The average Bonchev–Trinajstić information content (AvgIpc) is 2.52. The van der Waals surface area contributed by atoms with Crippen molar-refractivity contribution in [3.05, 3.63) is 46.2 Å². The number of aryl methyl sites for hydroxylation is 2. The number of ether oxygens (including phenoxy) is 1. The number of pyridine rings is 1. The van der Waals surface area contributed by atoms with Crippen LogP contribution in [-0.4, -0.2) is 30.3 Å². The van der Waals surface area contributed by atoms with Crippen molar-refractivity contribution in [2.24, 2.45) is 0 Å². The van der Waals surface area contributed by atoms with E-state index in [4.69, 9.17) is 16.3 Å². The number of hydrogen-bond donors (Lipinski definition) is 0. The maximum absolute atomic E-state index is 9.70. The number of nitriles is 1. The van der Waals surface area contributed by atoms with Crippen molar-refractivity contribution in [2.75, 3.05) is 18.0 Å². The molecule has 0 bridgehead atoms. The zero-order valence-electron chi connectivity index (χ0n) is 15.0. The second kappa shape index (κ2) is 7.03. The summed E-state index contributed by atoms with van der Waals surface area (Å²) in [5.74, 6) is 0. The number of aromatic nitrogens is 1. The van der Waals surface area contributed by atoms with Crippen molar-refractivity contribution in [2.45, 2.75) is 39.9 Å². The number of morpholine rings is 1. The fraction of sp³-hybridized carbons (Fsp3) is 0.400. The van der Waals surface area contributed by atoms with Gasteiger partial charge in [0, 0.05) is 35.7 Å². The van der Waals surface area contributed by atoms with Gasteiger partial charge >= 0.3 is 0 Å². The van der Waals surface area contributed by atoms with Gasteiger partial charge in [-0.05, 0) is 57.5 Å². The van der Waals surface area contributed by atoms with E-state index >= 15 is 0 Å². The summed E-state index contributed by atoms with van der Waals surface area (Å²) in [5.41, 5.74) is 5.08. The van der Waals surface area contributed by atoms with Crippen molar-refractivity contribution >= 4 is 17.3 Å². The summed E-state index contributed by atoms with van der Waals surface area (Å²) in [6.07, 6.45) is 0.302. The first-order valence-corrected chi connectivity index (χ1v) is 8.85. The first-order valence-electron chi connectivity index (χ1n) is 8.47. The highest BCUT2D eigenvalue weighted by Gasteiger charge is 2.24. The number of nitrogens with zero attached hydrogens (tertiary/aromatic N) is 3. The van der Waals surface area contributed by atoms with Gasteiger partial charge in [-0.15, -0.1) is 0 Å². The number of rotatable bonds is 2. The van der Waals surface area contributed by atoms with Crippen molar-refractivity contribution in [1.29, 1.82) is 5.26 Å². The molecule has 2 heterocycles. The Bertz CT molecular complexity index is 813. The molecule has 130 valence electrons. The Morgan fingerprint density at radius 1 is 1.12 bits per heavy atom. The molecular weight excluding hydrogens is 334 g/mol. The molecule has 1 aliphatic heterocycles. The molecule has 1 aromatic carbocycles. The number of benzene rings is 1. The van der Waals surface area contributed by atoms with E-state index in [2.05, 4.69) is 29.8 Å². The highest BCUT2D eigenvalue weighted by Crippen LogP contribution is 2.36. The van der Waals surface area contributed by atoms with Gasteiger partial charge in [0.15, 0.2) is 0 Å². The maximum atomic E-state index is 9.70. The first-order chi connectivity index (χ1) is 11.9. The molecule has 0 amide bonds. The van der Waals surface area contributed by atoms with Crippen molar-refractivity contribution in [3.8, 4) is 17.2 Å². The molecule has 0 saturated carbocycles. The molecule has 0 N–H and O–H groups in total. The third-order valence-corrected chi connectivity index (χ3v) is 4.65. The van der Waals surface area contributed by atoms with E-state index in [1.165, 1.54) is 0 Å². The molecule has 1 aliphatic rings. The summed E-state index contributed by atoms with van der Waals surface area (Å²) in [4.78, 5) is 6.64. The van der Waals surface area contributed by atoms with Gasteiger partial charge in [0.1, 0.15) is 0 Å². The first kappa shape index (κ1) is 17.7. The van der Waals surface area contributed by atoms with Crippen LogP contribution >= 0.6 is 11.6 Å². The van der Waals surface area contributed by atoms with Gasteiger partial charge in [-0.25, -0.2) is 0 Å². The van der Waals surface area contributed by atoms with Crippen LogP contribution in [0.4, 0.5) is 5.69 Å². The van der Waals surface area contributed by atoms with Crippen molar-refractivity contribution in [1.82, 2.24) is 4.98 Å². The van der Waals surface area contributed by atoms with E-state index in [1.807, 2.05) is 38.1 Å². The summed E-state index contributed by atoms with van der Waals surface area (Å²) in [7, 11) is 0. The molecule has 0 spiro atoms. The Kier molecular flexibility index (Phi) is 4.99. The standard InChI is InChI=1S/C20H22ClN3O/c1-12-5-16(6-13(2)23-12)20-17(9-22)7-18(8-19(20)21)24-10-14(3)25-15(4)11-24/h5-8,14-15H,10-11H2,1-4H3/t14-,15+. The molecule has 3 rings (SSSR count). The SMILES string of the molecule is Cc1cc(-c2c(Cl)cc(N3C[C@@H](C)O[C@@H](C)C3)cc2C#N)cc(C)n1. The minimum atomic E-state index is 0.151. The van der Waals surface area contributed by atoms with Gasteiger partial charge < -0.3 is 9.64 Å². The lowest BCUT2D eigenvalue weighted by Gasteiger charge is -2.37. The molecule has 0 radical (unpaired) electrons. The highest BCUT2D eigenvalue weighted by molar-refractivity contribution is 6.34. The third kappa shape index (κ3) is 3.78. The van der Waals surface area contributed by atoms with Gasteiger partial charge in [0.2, 0.25) is 0 Å². The fourth-order valence-electron chi connectivity index (χ4n) is 3.52. The minimum absolute atomic E-state index is 0.151. The minimum Gasteiger partial charge on any atom is -0.372 e. The monoisotopic (exact) mass is 355 g/mol. The quantitative estimate of drug-likeness (QED) is 0.795. The Balaban J connectivity index is 2.06. The van der Waals surface area contributed by atoms with Gasteiger partial charge in [-0.1, -0.05) is 11.6 Å². The summed E-state index contributed by atoms with van der Waals surface area (Å²) in [6, 6.07) is 10.1. The predicted octanol–water partition coefficient (Wildman–Crippen LogP) is 4.50. The van der Waals surface area contributed by atoms with Gasteiger partial charge in [-0.2, -0.15) is 5.26 Å². The van der Waals surface area contributed by atoms with Gasteiger partial charge in [0.25, 0.3) is 0 Å². The summed E-state index contributed by atoms with van der Waals surface area (Å²) >= 11 is 6.62. The zero-order chi connectivity index (χ0) is 18.1. The van der Waals surface area contributed by atoms with E-state index in [0.29, 0.717) is 10.6 Å². The molecule has 1 aromatic heterocycles. The lowest BCUT2D eigenvalue weighted by Crippen LogP contribution is -2.45. The topological polar surface area (TPSA) is 49.1 Å². The van der Waals surface area contributed by atoms with E-state index in [1.54, 1.807) is 0 Å². The second-order valence-electron chi connectivity index (χ2n) is 6.76. The normalized spacial score (nSPS) is 20.4. The fourth-order valence-corrected chi connectivity index (χ4v) is 3.85. The van der Waals surface area contributed by atoms with Crippen LogP contribution in [0.5, 0.6) is 0 Å². The van der Waals surface area contributed by atoms with Crippen LogP contribution in [0, 0.1) is 25.2 Å². The maximum Gasteiger partial charge on any atom is 0.0999 e. The van der Waals surface area contributed by atoms with Crippen LogP contribution in [0.3, 0.4) is 0 Å². The second-order valence-corrected chi connectivity index (χ2v) is 7.17. The predicted molar refractivity (Wildman–Crippen MR) is 101 cm³/mol. The Hall–Kier alpha value is -2.09. The molecule has 5 heteroatoms. The van der Waals surface area contributed by atoms with Gasteiger partial charge in [-0.3, -0.25) is 4.98 Å². The summed E-state index contributed by atoms with van der Waals surface area (Å²) < 4.78 is 5.80. The molecule has 1 saturated heterocycles. The zero-order valence-corrected chi connectivity index (χ0v) is 15.8. The molecule has 2 aromatic rings. The molecule has 0 unspecified atom stereocenters. The highest BCUT2D eigenvalue weighted by atomic mass is 35.5. The summed E-state index contributed by atoms with van der Waals surface area (Å²) in [5, 5.41) is 10.3. The van der Waals surface area contributed by atoms with Crippen LogP contribution in [0.2, 0.25) is 5.02 Å². The lowest BCUT2D eigenvalue weighted by molar-refractivity contribution is -0.00521.